The predicted molar refractivity (Wildman–Crippen MR) is 77.7 cm³/mol. The van der Waals surface area contributed by atoms with Crippen LogP contribution in [0.1, 0.15) is 39.5 Å². The molecule has 0 aromatic carbocycles. The minimum absolute atomic E-state index is 0.175. The second kappa shape index (κ2) is 9.32. The first kappa shape index (κ1) is 17.4. The van der Waals surface area contributed by atoms with Crippen molar-refractivity contribution in [3.63, 3.8) is 0 Å². The van der Waals surface area contributed by atoms with Crippen LogP contribution >= 0.6 is 0 Å². The van der Waals surface area contributed by atoms with Gasteiger partial charge in [0, 0.05) is 19.1 Å². The molecule has 0 aliphatic carbocycles. The Labute approximate surface area is 122 Å². The Balaban J connectivity index is 2.09. The normalized spacial score (nSPS) is 21.6. The lowest BCUT2D eigenvalue weighted by molar-refractivity contribution is -0.150. The number of carbonyl (C=O) groups excluding carboxylic acids is 1. The lowest BCUT2D eigenvalue weighted by atomic mass is 9.95. The van der Waals surface area contributed by atoms with Crippen LogP contribution < -0.4 is 5.32 Å². The van der Waals surface area contributed by atoms with Crippen LogP contribution in [0.15, 0.2) is 0 Å². The molecule has 5 heteroatoms. The van der Waals surface area contributed by atoms with Crippen LogP contribution in [0.25, 0.3) is 0 Å². The summed E-state index contributed by atoms with van der Waals surface area (Å²) in [6.45, 7) is 7.38. The third-order valence-electron chi connectivity index (χ3n) is 3.87. The monoisotopic (exact) mass is 287 g/mol. The summed E-state index contributed by atoms with van der Waals surface area (Å²) in [6, 6.07) is 0. The lowest BCUT2D eigenvalue weighted by Crippen LogP contribution is -2.48. The van der Waals surface area contributed by atoms with E-state index in [1.165, 1.54) is 0 Å². The summed E-state index contributed by atoms with van der Waals surface area (Å²) in [5.41, 5.74) is -0.588. The van der Waals surface area contributed by atoms with E-state index >= 15 is 0 Å². The Morgan fingerprint density at radius 2 is 2.25 bits per heavy atom. The summed E-state index contributed by atoms with van der Waals surface area (Å²) in [7, 11) is 1.80. The van der Waals surface area contributed by atoms with Crippen LogP contribution in [0.3, 0.4) is 0 Å². The number of hydrogen-bond acceptors (Lipinski definition) is 5. The minimum atomic E-state index is -0.588. The van der Waals surface area contributed by atoms with Gasteiger partial charge in [0.2, 0.25) is 0 Å². The highest BCUT2D eigenvalue weighted by Crippen LogP contribution is 2.16. The van der Waals surface area contributed by atoms with Crippen LogP contribution in [0.5, 0.6) is 0 Å². The van der Waals surface area contributed by atoms with Crippen LogP contribution in [-0.4, -0.2) is 51.6 Å². The number of likely N-dealkylation sites (N-methyl/N-ethyl adjacent to an activating group) is 1. The van der Waals surface area contributed by atoms with Crippen molar-refractivity contribution < 1.29 is 19.0 Å². The zero-order chi connectivity index (χ0) is 14.8. The number of nitrogens with one attached hydrogen (secondary N) is 1. The molecule has 0 amide bonds. The van der Waals surface area contributed by atoms with Crippen LogP contribution in [0.2, 0.25) is 0 Å². The molecule has 2 unspecified atom stereocenters. The Morgan fingerprint density at radius 1 is 1.45 bits per heavy atom. The van der Waals surface area contributed by atoms with Gasteiger partial charge in [0.25, 0.3) is 0 Å². The number of carbonyl (C=O) groups is 1. The van der Waals surface area contributed by atoms with E-state index in [9.17, 15) is 4.79 Å². The molecule has 1 heterocycles. The average Bonchev–Trinajstić information content (AvgIpc) is 2.95. The highest BCUT2D eigenvalue weighted by Gasteiger charge is 2.32. The fraction of sp³-hybridized carbons (Fsp3) is 0.933. The Kier molecular flexibility index (Phi) is 8.11. The van der Waals surface area contributed by atoms with E-state index in [1.807, 2.05) is 13.8 Å². The van der Waals surface area contributed by atoms with Gasteiger partial charge in [-0.15, -0.1) is 0 Å². The topological polar surface area (TPSA) is 56.8 Å². The summed E-state index contributed by atoms with van der Waals surface area (Å²) in [5.74, 6) is 0.392. The first-order valence-corrected chi connectivity index (χ1v) is 7.64. The van der Waals surface area contributed by atoms with Gasteiger partial charge in [-0.2, -0.15) is 0 Å². The molecule has 118 valence electrons. The molecule has 0 radical (unpaired) electrons. The molecule has 0 bridgehead atoms. The molecule has 0 saturated carbocycles. The van der Waals surface area contributed by atoms with Gasteiger partial charge in [0.15, 0.2) is 0 Å². The first-order valence-electron chi connectivity index (χ1n) is 7.64. The van der Waals surface area contributed by atoms with Crippen molar-refractivity contribution in [2.45, 2.75) is 45.1 Å². The molecule has 1 rings (SSSR count). The summed E-state index contributed by atoms with van der Waals surface area (Å²) < 4.78 is 16.1. The van der Waals surface area contributed by atoms with Gasteiger partial charge in [-0.3, -0.25) is 4.79 Å². The fourth-order valence-corrected chi connectivity index (χ4v) is 2.27. The predicted octanol–water partition coefficient (Wildman–Crippen LogP) is 1.75. The molecule has 0 aromatic rings. The van der Waals surface area contributed by atoms with Gasteiger partial charge in [-0.05, 0) is 46.6 Å². The average molecular weight is 287 g/mol. The van der Waals surface area contributed by atoms with E-state index in [1.54, 1.807) is 7.05 Å². The zero-order valence-corrected chi connectivity index (χ0v) is 13.1. The lowest BCUT2D eigenvalue weighted by Gasteiger charge is -2.26. The second-order valence-corrected chi connectivity index (χ2v) is 5.56. The van der Waals surface area contributed by atoms with E-state index < -0.39 is 5.54 Å². The van der Waals surface area contributed by atoms with Crippen LogP contribution in [0, 0.1) is 5.92 Å². The van der Waals surface area contributed by atoms with Crippen molar-refractivity contribution in [2.24, 2.45) is 5.92 Å². The van der Waals surface area contributed by atoms with Gasteiger partial charge in [-0.1, -0.05) is 0 Å². The molecule has 1 aliphatic heterocycles. The second-order valence-electron chi connectivity index (χ2n) is 5.56. The third kappa shape index (κ3) is 5.77. The number of hydrogen-bond donors (Lipinski definition) is 1. The van der Waals surface area contributed by atoms with Crippen molar-refractivity contribution in [3.8, 4) is 0 Å². The van der Waals surface area contributed by atoms with Gasteiger partial charge in [-0.25, -0.2) is 0 Å². The maximum Gasteiger partial charge on any atom is 0.326 e. The van der Waals surface area contributed by atoms with Gasteiger partial charge >= 0.3 is 5.97 Å². The van der Waals surface area contributed by atoms with Gasteiger partial charge < -0.3 is 19.5 Å². The van der Waals surface area contributed by atoms with E-state index in [0.717, 1.165) is 52.1 Å². The molecular formula is C15H29NO4. The molecule has 1 saturated heterocycles. The highest BCUT2D eigenvalue weighted by atomic mass is 16.5. The Hall–Kier alpha value is -0.650. The summed E-state index contributed by atoms with van der Waals surface area (Å²) in [4.78, 5) is 11.9. The number of ether oxygens (including phenoxy) is 3. The first-order chi connectivity index (χ1) is 9.62. The Bertz CT molecular complexity index is 279. The maximum absolute atomic E-state index is 11.9. The van der Waals surface area contributed by atoms with Crippen molar-refractivity contribution in [3.05, 3.63) is 0 Å². The molecule has 1 fully saturated rings. The zero-order valence-electron chi connectivity index (χ0n) is 13.1. The Morgan fingerprint density at radius 3 is 2.85 bits per heavy atom. The minimum Gasteiger partial charge on any atom is -0.465 e. The largest absolute Gasteiger partial charge is 0.465 e. The van der Waals surface area contributed by atoms with Crippen molar-refractivity contribution in [1.29, 1.82) is 0 Å². The van der Waals surface area contributed by atoms with E-state index in [-0.39, 0.29) is 5.97 Å². The maximum atomic E-state index is 11.9. The molecule has 0 spiro atoms. The standard InChI is InChI=1S/C15H29NO4/c1-4-20-14(17)15(2,16-3)8-5-6-9-18-11-13-7-10-19-12-13/h13,16H,4-12H2,1-3H3. The number of esters is 1. The van der Waals surface area contributed by atoms with Gasteiger partial charge in [0.1, 0.15) is 5.54 Å². The van der Waals surface area contributed by atoms with Crippen molar-refractivity contribution in [2.75, 3.05) is 40.1 Å². The van der Waals surface area contributed by atoms with Crippen molar-refractivity contribution >= 4 is 5.97 Å². The number of unbranched alkanes of at least 4 members (excludes halogenated alkanes) is 1. The van der Waals surface area contributed by atoms with Crippen molar-refractivity contribution in [1.82, 2.24) is 5.32 Å². The molecule has 1 aliphatic rings. The van der Waals surface area contributed by atoms with Crippen LogP contribution in [-0.2, 0) is 19.0 Å². The fourth-order valence-electron chi connectivity index (χ4n) is 2.27. The summed E-state index contributed by atoms with van der Waals surface area (Å²) in [5, 5.41) is 3.07. The molecule has 0 aromatic heterocycles. The molecule has 20 heavy (non-hydrogen) atoms. The smallest absolute Gasteiger partial charge is 0.326 e. The highest BCUT2D eigenvalue weighted by molar-refractivity contribution is 5.80. The van der Waals surface area contributed by atoms with Crippen LogP contribution in [0.4, 0.5) is 0 Å². The molecular weight excluding hydrogens is 258 g/mol. The quantitative estimate of drug-likeness (QED) is 0.490. The summed E-state index contributed by atoms with van der Waals surface area (Å²) in [6.07, 6.45) is 3.78. The SMILES string of the molecule is CCOC(=O)C(C)(CCCCOCC1CCOC1)NC. The third-order valence-corrected chi connectivity index (χ3v) is 3.87. The van der Waals surface area contributed by atoms with E-state index in [0.29, 0.717) is 12.5 Å². The molecule has 2 atom stereocenters. The molecule has 5 nitrogen and oxygen atoms in total. The number of rotatable bonds is 10. The van der Waals surface area contributed by atoms with E-state index in [4.69, 9.17) is 14.2 Å². The van der Waals surface area contributed by atoms with Gasteiger partial charge in [0.05, 0.1) is 19.8 Å². The molecule has 1 N–H and O–H groups in total. The summed E-state index contributed by atoms with van der Waals surface area (Å²) >= 11 is 0. The van der Waals surface area contributed by atoms with E-state index in [2.05, 4.69) is 5.32 Å².